The lowest BCUT2D eigenvalue weighted by Crippen LogP contribution is -2.08. The van der Waals surface area contributed by atoms with Crippen molar-refractivity contribution >= 4 is 28.9 Å². The summed E-state index contributed by atoms with van der Waals surface area (Å²) in [5, 5.41) is 2.70. The Labute approximate surface area is 126 Å². The molecule has 0 amide bonds. The van der Waals surface area contributed by atoms with Crippen LogP contribution in [0, 0.1) is 18.6 Å². The molecule has 2 rings (SSSR count). The maximum atomic E-state index is 13.8. The van der Waals surface area contributed by atoms with Gasteiger partial charge in [-0.1, -0.05) is 18.5 Å². The van der Waals surface area contributed by atoms with Crippen LogP contribution in [-0.4, -0.2) is 9.97 Å². The van der Waals surface area contributed by atoms with E-state index in [1.54, 1.807) is 6.92 Å². The van der Waals surface area contributed by atoms with E-state index >= 15 is 0 Å². The maximum Gasteiger partial charge on any atom is 0.151 e. The molecule has 0 unspecified atom stereocenters. The Morgan fingerprint density at radius 1 is 1.29 bits per heavy atom. The van der Waals surface area contributed by atoms with E-state index in [2.05, 4.69) is 15.3 Å². The van der Waals surface area contributed by atoms with E-state index in [1.165, 1.54) is 0 Å². The normalized spacial score (nSPS) is 10.7. The summed E-state index contributed by atoms with van der Waals surface area (Å²) in [6.45, 7) is 3.70. The quantitative estimate of drug-likeness (QED) is 0.896. The SMILES string of the molecule is CCCc1nc(N)c(C)c(Nc2c(F)cc(F)cc2Cl)n1. The van der Waals surface area contributed by atoms with Crippen LogP contribution >= 0.6 is 11.6 Å². The fourth-order valence-corrected chi connectivity index (χ4v) is 2.06. The molecule has 7 heteroatoms. The van der Waals surface area contributed by atoms with Crippen LogP contribution in [0.3, 0.4) is 0 Å². The van der Waals surface area contributed by atoms with E-state index in [1.807, 2.05) is 6.92 Å². The molecule has 0 aliphatic rings. The summed E-state index contributed by atoms with van der Waals surface area (Å²) in [6.07, 6.45) is 1.51. The monoisotopic (exact) mass is 312 g/mol. The van der Waals surface area contributed by atoms with Gasteiger partial charge in [0.1, 0.15) is 23.3 Å². The van der Waals surface area contributed by atoms with E-state index in [0.717, 1.165) is 18.6 Å². The summed E-state index contributed by atoms with van der Waals surface area (Å²) in [5.41, 5.74) is 6.37. The second kappa shape index (κ2) is 6.22. The molecule has 0 radical (unpaired) electrons. The number of nitrogens with zero attached hydrogens (tertiary/aromatic N) is 2. The van der Waals surface area contributed by atoms with Crippen molar-refractivity contribution in [2.45, 2.75) is 26.7 Å². The lowest BCUT2D eigenvalue weighted by atomic mass is 10.2. The Hall–Kier alpha value is -1.95. The van der Waals surface area contributed by atoms with Crippen LogP contribution in [-0.2, 0) is 6.42 Å². The van der Waals surface area contributed by atoms with Crippen molar-refractivity contribution < 1.29 is 8.78 Å². The molecule has 0 bridgehead atoms. The number of halogens is 3. The fourth-order valence-electron chi connectivity index (χ4n) is 1.82. The minimum absolute atomic E-state index is 0.0401. The number of aromatic nitrogens is 2. The van der Waals surface area contributed by atoms with Gasteiger partial charge in [0, 0.05) is 18.1 Å². The summed E-state index contributed by atoms with van der Waals surface area (Å²) in [7, 11) is 0. The first-order chi connectivity index (χ1) is 9.92. The molecular formula is C14H15ClF2N4. The number of nitrogens with two attached hydrogens (primary N) is 1. The van der Waals surface area contributed by atoms with E-state index in [4.69, 9.17) is 17.3 Å². The molecule has 0 saturated heterocycles. The molecule has 4 nitrogen and oxygen atoms in total. The topological polar surface area (TPSA) is 63.8 Å². The average molecular weight is 313 g/mol. The molecule has 0 fully saturated rings. The van der Waals surface area contributed by atoms with E-state index < -0.39 is 11.6 Å². The number of benzene rings is 1. The largest absolute Gasteiger partial charge is 0.383 e. The van der Waals surface area contributed by atoms with Gasteiger partial charge in [0.2, 0.25) is 0 Å². The Bertz CT molecular complexity index is 653. The maximum absolute atomic E-state index is 13.8. The highest BCUT2D eigenvalue weighted by molar-refractivity contribution is 6.33. The van der Waals surface area contributed by atoms with Crippen LogP contribution in [0.5, 0.6) is 0 Å². The average Bonchev–Trinajstić information content (AvgIpc) is 2.39. The Kier molecular flexibility index (Phi) is 4.57. The van der Waals surface area contributed by atoms with Crippen molar-refractivity contribution in [2.75, 3.05) is 11.1 Å². The van der Waals surface area contributed by atoms with Gasteiger partial charge in [-0.15, -0.1) is 0 Å². The first-order valence-electron chi connectivity index (χ1n) is 6.47. The highest BCUT2D eigenvalue weighted by Crippen LogP contribution is 2.30. The third-order valence-corrected chi connectivity index (χ3v) is 3.25. The van der Waals surface area contributed by atoms with Gasteiger partial charge in [-0.3, -0.25) is 0 Å². The fraction of sp³-hybridized carbons (Fsp3) is 0.286. The van der Waals surface area contributed by atoms with Crippen LogP contribution in [0.25, 0.3) is 0 Å². The minimum atomic E-state index is -0.798. The number of anilines is 3. The van der Waals surface area contributed by atoms with Gasteiger partial charge in [0.25, 0.3) is 0 Å². The molecule has 0 atom stereocenters. The summed E-state index contributed by atoms with van der Waals surface area (Å²) in [6, 6.07) is 1.78. The smallest absolute Gasteiger partial charge is 0.151 e. The minimum Gasteiger partial charge on any atom is -0.383 e. The lowest BCUT2D eigenvalue weighted by Gasteiger charge is -2.13. The van der Waals surface area contributed by atoms with Crippen LogP contribution < -0.4 is 11.1 Å². The standard InChI is InChI=1S/C14H15ClF2N4/c1-3-4-11-19-13(18)7(2)14(20-11)21-12-9(15)5-8(16)6-10(12)17/h5-6H,3-4H2,1-2H3,(H3,18,19,20,21). The number of rotatable bonds is 4. The molecule has 1 heterocycles. The predicted molar refractivity (Wildman–Crippen MR) is 79.8 cm³/mol. The second-order valence-corrected chi connectivity index (χ2v) is 5.03. The van der Waals surface area contributed by atoms with Gasteiger partial charge in [0.05, 0.1) is 10.7 Å². The number of aryl methyl sites for hydroxylation is 1. The molecule has 0 aliphatic heterocycles. The van der Waals surface area contributed by atoms with Crippen LogP contribution in [0.2, 0.25) is 5.02 Å². The van der Waals surface area contributed by atoms with Gasteiger partial charge in [-0.05, 0) is 19.4 Å². The summed E-state index contributed by atoms with van der Waals surface area (Å²) < 4.78 is 26.9. The van der Waals surface area contributed by atoms with Crippen molar-refractivity contribution in [2.24, 2.45) is 0 Å². The molecule has 1 aromatic heterocycles. The molecule has 2 aromatic rings. The first-order valence-corrected chi connectivity index (χ1v) is 6.84. The van der Waals surface area contributed by atoms with Crippen molar-refractivity contribution in [1.82, 2.24) is 9.97 Å². The van der Waals surface area contributed by atoms with Gasteiger partial charge in [-0.2, -0.15) is 0 Å². The molecule has 1 aromatic carbocycles. The number of hydrogen-bond donors (Lipinski definition) is 2. The molecule has 0 saturated carbocycles. The number of nitrogens with one attached hydrogen (secondary N) is 1. The van der Waals surface area contributed by atoms with E-state index in [-0.39, 0.29) is 10.7 Å². The van der Waals surface area contributed by atoms with Crippen LogP contribution in [0.4, 0.5) is 26.1 Å². The van der Waals surface area contributed by atoms with Gasteiger partial charge >= 0.3 is 0 Å². The number of hydrogen-bond acceptors (Lipinski definition) is 4. The molecule has 0 spiro atoms. The Morgan fingerprint density at radius 2 is 2.00 bits per heavy atom. The highest BCUT2D eigenvalue weighted by atomic mass is 35.5. The van der Waals surface area contributed by atoms with Crippen molar-refractivity contribution in [3.63, 3.8) is 0 Å². The Morgan fingerprint density at radius 3 is 2.62 bits per heavy atom. The molecule has 0 aliphatic carbocycles. The second-order valence-electron chi connectivity index (χ2n) is 4.62. The van der Waals surface area contributed by atoms with Crippen molar-refractivity contribution in [3.05, 3.63) is 40.2 Å². The third kappa shape index (κ3) is 3.39. The molecule has 112 valence electrons. The zero-order chi connectivity index (χ0) is 15.6. The number of nitrogen functional groups attached to an aromatic ring is 1. The summed E-state index contributed by atoms with van der Waals surface area (Å²) in [5.74, 6) is -0.308. The third-order valence-electron chi connectivity index (χ3n) is 2.95. The molecule has 21 heavy (non-hydrogen) atoms. The van der Waals surface area contributed by atoms with E-state index in [9.17, 15) is 8.78 Å². The van der Waals surface area contributed by atoms with Crippen LogP contribution in [0.15, 0.2) is 12.1 Å². The zero-order valence-electron chi connectivity index (χ0n) is 11.7. The molecular weight excluding hydrogens is 298 g/mol. The molecule has 3 N–H and O–H groups in total. The van der Waals surface area contributed by atoms with Gasteiger partial charge < -0.3 is 11.1 Å². The Balaban J connectivity index is 2.44. The van der Waals surface area contributed by atoms with Crippen molar-refractivity contribution in [3.8, 4) is 0 Å². The first kappa shape index (κ1) is 15.4. The predicted octanol–water partition coefficient (Wildman–Crippen LogP) is 3.99. The summed E-state index contributed by atoms with van der Waals surface area (Å²) >= 11 is 5.86. The highest BCUT2D eigenvalue weighted by Gasteiger charge is 2.14. The van der Waals surface area contributed by atoms with Crippen molar-refractivity contribution in [1.29, 1.82) is 0 Å². The van der Waals surface area contributed by atoms with Gasteiger partial charge in [-0.25, -0.2) is 18.7 Å². The van der Waals surface area contributed by atoms with E-state index in [0.29, 0.717) is 29.4 Å². The zero-order valence-corrected chi connectivity index (χ0v) is 12.4. The van der Waals surface area contributed by atoms with Gasteiger partial charge in [0.15, 0.2) is 5.82 Å². The summed E-state index contributed by atoms with van der Waals surface area (Å²) in [4.78, 5) is 8.47. The van der Waals surface area contributed by atoms with Crippen LogP contribution in [0.1, 0.15) is 24.7 Å². The lowest BCUT2D eigenvalue weighted by molar-refractivity contribution is 0.586.